The number of carbonyl (C=O) groups excluding carboxylic acids is 1. The molecule has 0 aromatic heterocycles. The highest BCUT2D eigenvalue weighted by Gasteiger charge is 2.43. The second-order valence-electron chi connectivity index (χ2n) is 6.09. The van der Waals surface area contributed by atoms with Crippen molar-refractivity contribution in [3.63, 3.8) is 0 Å². The van der Waals surface area contributed by atoms with E-state index in [-0.39, 0.29) is 18.2 Å². The minimum atomic E-state index is -3.32. The van der Waals surface area contributed by atoms with Crippen LogP contribution in [0.3, 0.4) is 0 Å². The summed E-state index contributed by atoms with van der Waals surface area (Å²) in [5.41, 5.74) is -1.20. The maximum absolute atomic E-state index is 12.5. The van der Waals surface area contributed by atoms with Crippen LogP contribution in [0.4, 0.5) is 0 Å². The number of hydrogen-bond acceptors (Lipinski definition) is 5. The Morgan fingerprint density at radius 3 is 2.57 bits per heavy atom. The van der Waals surface area contributed by atoms with Crippen molar-refractivity contribution in [2.24, 2.45) is 5.92 Å². The fourth-order valence-electron chi connectivity index (χ4n) is 3.04. The molecule has 2 rings (SSSR count). The predicted molar refractivity (Wildman–Crippen MR) is 88.8 cm³/mol. The van der Waals surface area contributed by atoms with Crippen LogP contribution in [0.5, 0.6) is 0 Å². The van der Waals surface area contributed by atoms with Gasteiger partial charge in [0.1, 0.15) is 5.54 Å². The van der Waals surface area contributed by atoms with E-state index in [0.29, 0.717) is 43.7 Å². The van der Waals surface area contributed by atoms with E-state index in [2.05, 4.69) is 5.32 Å². The molecule has 7 nitrogen and oxygen atoms in total. The van der Waals surface area contributed by atoms with Gasteiger partial charge in [0, 0.05) is 13.1 Å². The van der Waals surface area contributed by atoms with Gasteiger partial charge in [0.25, 0.3) is 0 Å². The first-order valence-electron chi connectivity index (χ1n) is 7.92. The number of carbonyl (C=O) groups is 2. The fraction of sp³-hybridized carbons (Fsp3) is 0.857. The Bertz CT molecular complexity index is 558. The molecule has 132 valence electrons. The third-order valence-corrected chi connectivity index (χ3v) is 7.46. The molecule has 2 saturated heterocycles. The topological polar surface area (TPSA) is 104 Å². The number of piperidine rings is 1. The summed E-state index contributed by atoms with van der Waals surface area (Å²) in [6, 6.07) is 0. The number of sulfonamides is 1. The second kappa shape index (κ2) is 7.40. The molecular weight excluding hydrogens is 340 g/mol. The predicted octanol–water partition coefficient (Wildman–Crippen LogP) is 0.515. The normalized spacial score (nSPS) is 25.7. The van der Waals surface area contributed by atoms with E-state index in [1.807, 2.05) is 0 Å². The molecule has 0 aliphatic carbocycles. The highest BCUT2D eigenvalue weighted by Crippen LogP contribution is 2.29. The molecule has 0 aromatic rings. The molecule has 0 aromatic carbocycles. The molecule has 2 N–H and O–H groups in total. The first-order valence-corrected chi connectivity index (χ1v) is 10.7. The molecule has 0 bridgehead atoms. The van der Waals surface area contributed by atoms with Gasteiger partial charge in [0.15, 0.2) is 0 Å². The van der Waals surface area contributed by atoms with Crippen LogP contribution in [0.25, 0.3) is 0 Å². The van der Waals surface area contributed by atoms with E-state index >= 15 is 0 Å². The Kier molecular flexibility index (Phi) is 5.96. The SMILES string of the molecule is CCS(=O)(=O)N1CCCC(C(=O)NC2(C(=O)O)CCSCC2)C1. The van der Waals surface area contributed by atoms with Gasteiger partial charge in [-0.1, -0.05) is 0 Å². The third-order valence-electron chi connectivity index (χ3n) is 4.63. The van der Waals surface area contributed by atoms with Crippen LogP contribution in [-0.2, 0) is 19.6 Å². The Hall–Kier alpha value is -0.800. The molecule has 1 unspecified atom stereocenters. The Balaban J connectivity index is 2.06. The number of thioether (sulfide) groups is 1. The molecule has 2 fully saturated rings. The number of carboxylic acid groups (broad SMARTS) is 1. The van der Waals surface area contributed by atoms with Gasteiger partial charge in [0.05, 0.1) is 11.7 Å². The lowest BCUT2D eigenvalue weighted by atomic mass is 9.90. The molecule has 0 spiro atoms. The molecule has 2 aliphatic heterocycles. The van der Waals surface area contributed by atoms with Crippen LogP contribution in [-0.4, -0.2) is 65.6 Å². The maximum Gasteiger partial charge on any atom is 0.329 e. The van der Waals surface area contributed by atoms with Crippen molar-refractivity contribution in [2.45, 2.75) is 38.1 Å². The molecule has 0 saturated carbocycles. The summed E-state index contributed by atoms with van der Waals surface area (Å²) in [7, 11) is -3.32. The zero-order valence-electron chi connectivity index (χ0n) is 13.3. The van der Waals surface area contributed by atoms with E-state index in [0.717, 1.165) is 0 Å². The first-order chi connectivity index (χ1) is 10.8. The lowest BCUT2D eigenvalue weighted by Gasteiger charge is -2.37. The lowest BCUT2D eigenvalue weighted by molar-refractivity contribution is -0.149. The van der Waals surface area contributed by atoms with Crippen molar-refractivity contribution in [3.05, 3.63) is 0 Å². The first kappa shape index (κ1) is 18.5. The zero-order chi connectivity index (χ0) is 17.1. The summed E-state index contributed by atoms with van der Waals surface area (Å²) >= 11 is 1.68. The van der Waals surface area contributed by atoms with Gasteiger partial charge in [-0.25, -0.2) is 17.5 Å². The van der Waals surface area contributed by atoms with Crippen molar-refractivity contribution >= 4 is 33.7 Å². The van der Waals surface area contributed by atoms with Gasteiger partial charge >= 0.3 is 5.97 Å². The number of nitrogens with zero attached hydrogens (tertiary/aromatic N) is 1. The number of nitrogens with one attached hydrogen (secondary N) is 1. The summed E-state index contributed by atoms with van der Waals surface area (Å²) in [6.07, 6.45) is 2.02. The van der Waals surface area contributed by atoms with Crippen molar-refractivity contribution in [3.8, 4) is 0 Å². The highest BCUT2D eigenvalue weighted by molar-refractivity contribution is 7.99. The van der Waals surface area contributed by atoms with Crippen LogP contribution in [0.2, 0.25) is 0 Å². The average Bonchev–Trinajstić information content (AvgIpc) is 2.55. The van der Waals surface area contributed by atoms with Gasteiger partial charge in [-0.3, -0.25) is 4.79 Å². The third kappa shape index (κ3) is 4.19. The molecule has 23 heavy (non-hydrogen) atoms. The Labute approximate surface area is 141 Å². The zero-order valence-corrected chi connectivity index (χ0v) is 14.9. The van der Waals surface area contributed by atoms with Crippen molar-refractivity contribution < 1.29 is 23.1 Å². The van der Waals surface area contributed by atoms with E-state index in [1.54, 1.807) is 18.7 Å². The quantitative estimate of drug-likeness (QED) is 0.737. The van der Waals surface area contributed by atoms with Crippen LogP contribution in [0, 0.1) is 5.92 Å². The summed E-state index contributed by atoms with van der Waals surface area (Å²) in [5.74, 6) is -0.398. The summed E-state index contributed by atoms with van der Waals surface area (Å²) in [5, 5.41) is 12.2. The van der Waals surface area contributed by atoms with Gasteiger partial charge in [0.2, 0.25) is 15.9 Å². The van der Waals surface area contributed by atoms with Crippen LogP contribution >= 0.6 is 11.8 Å². The van der Waals surface area contributed by atoms with E-state index in [1.165, 1.54) is 4.31 Å². The number of rotatable bonds is 5. The summed E-state index contributed by atoms with van der Waals surface area (Å²) in [4.78, 5) is 24.2. The smallest absolute Gasteiger partial charge is 0.329 e. The molecule has 1 amide bonds. The van der Waals surface area contributed by atoms with Crippen molar-refractivity contribution in [1.82, 2.24) is 9.62 Å². The Morgan fingerprint density at radius 2 is 2.00 bits per heavy atom. The number of hydrogen-bond donors (Lipinski definition) is 2. The van der Waals surface area contributed by atoms with Gasteiger partial charge in [-0.05, 0) is 44.1 Å². The van der Waals surface area contributed by atoms with Crippen LogP contribution < -0.4 is 5.32 Å². The summed E-state index contributed by atoms with van der Waals surface area (Å²) < 4.78 is 25.3. The number of amides is 1. The van der Waals surface area contributed by atoms with E-state index in [4.69, 9.17) is 0 Å². The number of carboxylic acids is 1. The van der Waals surface area contributed by atoms with Crippen LogP contribution in [0.1, 0.15) is 32.6 Å². The molecule has 9 heteroatoms. The van der Waals surface area contributed by atoms with Gasteiger partial charge < -0.3 is 10.4 Å². The minimum Gasteiger partial charge on any atom is -0.480 e. The molecule has 2 heterocycles. The maximum atomic E-state index is 12.5. The van der Waals surface area contributed by atoms with Gasteiger partial charge in [-0.15, -0.1) is 0 Å². The number of aliphatic carboxylic acids is 1. The molecule has 0 radical (unpaired) electrons. The van der Waals surface area contributed by atoms with E-state index < -0.39 is 27.4 Å². The molecule has 1 atom stereocenters. The Morgan fingerprint density at radius 1 is 1.35 bits per heavy atom. The van der Waals surface area contributed by atoms with Crippen molar-refractivity contribution in [2.75, 3.05) is 30.3 Å². The monoisotopic (exact) mass is 364 g/mol. The fourth-order valence-corrected chi connectivity index (χ4v) is 5.41. The molecule has 2 aliphatic rings. The standard InChI is InChI=1S/C14H24N2O5S2/c1-2-23(20,21)16-7-3-4-11(10-16)12(17)15-14(13(18)19)5-8-22-9-6-14/h11H,2-10H2,1H3,(H,15,17)(H,18,19). The minimum absolute atomic E-state index is 0.0115. The van der Waals surface area contributed by atoms with Gasteiger partial charge in [-0.2, -0.15) is 11.8 Å². The average molecular weight is 364 g/mol. The highest BCUT2D eigenvalue weighted by atomic mass is 32.2. The van der Waals surface area contributed by atoms with Crippen LogP contribution in [0.15, 0.2) is 0 Å². The molecular formula is C14H24N2O5S2. The lowest BCUT2D eigenvalue weighted by Crippen LogP contribution is -2.59. The van der Waals surface area contributed by atoms with Crippen molar-refractivity contribution in [1.29, 1.82) is 0 Å². The second-order valence-corrected chi connectivity index (χ2v) is 9.57. The largest absolute Gasteiger partial charge is 0.480 e. The summed E-state index contributed by atoms with van der Waals surface area (Å²) in [6.45, 7) is 2.16. The van der Waals surface area contributed by atoms with E-state index in [9.17, 15) is 23.1 Å².